The van der Waals surface area contributed by atoms with Gasteiger partial charge in [0.1, 0.15) is 6.54 Å². The molecule has 3 N–H and O–H groups in total. The lowest BCUT2D eigenvalue weighted by Crippen LogP contribution is -2.30. The fourth-order valence-corrected chi connectivity index (χ4v) is 4.41. The lowest BCUT2D eigenvalue weighted by molar-refractivity contribution is -0.118. The molecule has 3 amide bonds. The van der Waals surface area contributed by atoms with Gasteiger partial charge in [-0.1, -0.05) is 6.42 Å². The highest BCUT2D eigenvalue weighted by Crippen LogP contribution is 2.29. The lowest BCUT2D eigenvalue weighted by Gasteiger charge is -2.14. The number of urea groups is 1. The van der Waals surface area contributed by atoms with Crippen LogP contribution in [0.4, 0.5) is 4.79 Å². The average molecular weight is 413 g/mol. The number of amides is 3. The Balaban J connectivity index is 1.34. The molecule has 1 aliphatic carbocycles. The number of aromatic nitrogens is 1. The lowest BCUT2D eigenvalue weighted by atomic mass is 10.2. The summed E-state index contributed by atoms with van der Waals surface area (Å²) in [7, 11) is -3.41. The molecule has 1 aromatic heterocycles. The molecule has 156 valence electrons. The normalized spacial score (nSPS) is 18.4. The van der Waals surface area contributed by atoms with Gasteiger partial charge in [-0.15, -0.1) is 0 Å². The molecule has 0 aromatic carbocycles. The van der Waals surface area contributed by atoms with Crippen LogP contribution in [0.5, 0.6) is 5.88 Å². The molecule has 1 aliphatic heterocycles. The minimum absolute atomic E-state index is 0.0220. The zero-order chi connectivity index (χ0) is 20.1. The van der Waals surface area contributed by atoms with Crippen LogP contribution in [0, 0.1) is 5.92 Å². The Labute approximate surface area is 165 Å². The zero-order valence-electron chi connectivity index (χ0n) is 16.1. The molecule has 28 heavy (non-hydrogen) atoms. The Hall–Kier alpha value is -2.07. The molecule has 1 saturated carbocycles. The highest BCUT2D eigenvalue weighted by molar-refractivity contribution is 7.89. The first-order valence-electron chi connectivity index (χ1n) is 9.73. The van der Waals surface area contributed by atoms with Crippen molar-refractivity contribution < 1.29 is 22.7 Å². The SMILES string of the molecule is CC(NS(=O)(=O)CCCCCN1CC(=O)NC1=O)c1ccc(OCC2CC2)[nH]1. The number of carbonyl (C=O) groups is 2. The summed E-state index contributed by atoms with van der Waals surface area (Å²) in [5.41, 5.74) is 0.763. The average Bonchev–Trinajstić information content (AvgIpc) is 3.23. The van der Waals surface area contributed by atoms with Crippen LogP contribution < -0.4 is 14.8 Å². The molecule has 10 heteroatoms. The van der Waals surface area contributed by atoms with Crippen molar-refractivity contribution in [3.8, 4) is 5.88 Å². The van der Waals surface area contributed by atoms with Crippen molar-refractivity contribution >= 4 is 22.0 Å². The largest absolute Gasteiger partial charge is 0.479 e. The van der Waals surface area contributed by atoms with Crippen LogP contribution in [0.25, 0.3) is 0 Å². The highest BCUT2D eigenvalue weighted by atomic mass is 32.2. The van der Waals surface area contributed by atoms with Gasteiger partial charge in [-0.3, -0.25) is 10.1 Å². The van der Waals surface area contributed by atoms with E-state index in [-0.39, 0.29) is 30.3 Å². The third-order valence-electron chi connectivity index (χ3n) is 4.89. The maximum atomic E-state index is 12.3. The van der Waals surface area contributed by atoms with Crippen molar-refractivity contribution in [2.45, 2.75) is 45.1 Å². The van der Waals surface area contributed by atoms with Crippen molar-refractivity contribution in [1.82, 2.24) is 19.9 Å². The molecule has 2 heterocycles. The van der Waals surface area contributed by atoms with E-state index in [0.29, 0.717) is 44.2 Å². The van der Waals surface area contributed by atoms with E-state index in [0.717, 1.165) is 5.69 Å². The number of hydrogen-bond acceptors (Lipinski definition) is 5. The smallest absolute Gasteiger partial charge is 0.324 e. The maximum Gasteiger partial charge on any atom is 0.324 e. The Morgan fingerprint density at radius 1 is 1.25 bits per heavy atom. The maximum absolute atomic E-state index is 12.3. The van der Waals surface area contributed by atoms with Crippen LogP contribution in [0.15, 0.2) is 12.1 Å². The van der Waals surface area contributed by atoms with Crippen LogP contribution in [0.2, 0.25) is 0 Å². The van der Waals surface area contributed by atoms with Crippen LogP contribution in [0.3, 0.4) is 0 Å². The van der Waals surface area contributed by atoms with Gasteiger partial charge in [-0.25, -0.2) is 17.9 Å². The molecule has 0 spiro atoms. The van der Waals surface area contributed by atoms with Crippen LogP contribution in [-0.4, -0.2) is 55.7 Å². The van der Waals surface area contributed by atoms with E-state index in [1.807, 2.05) is 12.1 Å². The minimum atomic E-state index is -3.41. The molecular weight excluding hydrogens is 384 g/mol. The summed E-state index contributed by atoms with van der Waals surface area (Å²) < 4.78 is 32.9. The molecule has 1 saturated heterocycles. The number of ether oxygens (including phenoxy) is 1. The van der Waals surface area contributed by atoms with Crippen LogP contribution >= 0.6 is 0 Å². The van der Waals surface area contributed by atoms with Crippen molar-refractivity contribution in [3.63, 3.8) is 0 Å². The number of sulfonamides is 1. The summed E-state index contributed by atoms with van der Waals surface area (Å²) in [5.74, 6) is 1.05. The Morgan fingerprint density at radius 2 is 2.04 bits per heavy atom. The number of imide groups is 1. The highest BCUT2D eigenvalue weighted by Gasteiger charge is 2.26. The van der Waals surface area contributed by atoms with Gasteiger partial charge in [-0.05, 0) is 50.7 Å². The molecule has 0 radical (unpaired) electrons. The van der Waals surface area contributed by atoms with E-state index in [1.54, 1.807) is 6.92 Å². The number of hydrogen-bond donors (Lipinski definition) is 3. The number of rotatable bonds is 12. The molecular formula is C18H28N4O5S. The second-order valence-corrected chi connectivity index (χ2v) is 9.40. The van der Waals surface area contributed by atoms with Crippen molar-refractivity contribution in [2.75, 3.05) is 25.4 Å². The predicted octanol–water partition coefficient (Wildman–Crippen LogP) is 1.51. The molecule has 3 rings (SSSR count). The van der Waals surface area contributed by atoms with Gasteiger partial charge in [0.15, 0.2) is 5.88 Å². The minimum Gasteiger partial charge on any atom is -0.479 e. The Morgan fingerprint density at radius 3 is 2.71 bits per heavy atom. The van der Waals surface area contributed by atoms with Crippen LogP contribution in [-0.2, 0) is 14.8 Å². The van der Waals surface area contributed by atoms with E-state index in [4.69, 9.17) is 4.74 Å². The summed E-state index contributed by atoms with van der Waals surface area (Å²) in [6, 6.07) is 2.90. The topological polar surface area (TPSA) is 121 Å². The fourth-order valence-electron chi connectivity index (χ4n) is 3.05. The van der Waals surface area contributed by atoms with Gasteiger partial charge >= 0.3 is 6.03 Å². The Kier molecular flexibility index (Phi) is 6.61. The molecule has 1 unspecified atom stereocenters. The van der Waals surface area contributed by atoms with Gasteiger partial charge in [0.2, 0.25) is 15.9 Å². The molecule has 1 aromatic rings. The van der Waals surface area contributed by atoms with Crippen molar-refractivity contribution in [3.05, 3.63) is 17.8 Å². The number of nitrogens with one attached hydrogen (secondary N) is 3. The third-order valence-corrected chi connectivity index (χ3v) is 6.42. The molecule has 2 aliphatic rings. The van der Waals surface area contributed by atoms with Gasteiger partial charge in [-0.2, -0.15) is 0 Å². The fraction of sp³-hybridized carbons (Fsp3) is 0.667. The van der Waals surface area contributed by atoms with Crippen LogP contribution in [0.1, 0.15) is 50.8 Å². The Bertz CT molecular complexity index is 803. The van der Waals surface area contributed by atoms with Crippen molar-refractivity contribution in [2.24, 2.45) is 5.92 Å². The first-order valence-corrected chi connectivity index (χ1v) is 11.4. The van der Waals surface area contributed by atoms with Gasteiger partial charge in [0.25, 0.3) is 0 Å². The standard InChI is InChI=1S/C18H28N4O5S/c1-13(15-7-8-17(19-15)27-12-14-5-6-14)21-28(25,26)10-4-2-3-9-22-11-16(23)20-18(22)24/h7-8,13-14,19,21H,2-6,9-12H2,1H3,(H,20,23,24). The first-order chi connectivity index (χ1) is 13.3. The summed E-state index contributed by atoms with van der Waals surface area (Å²) in [6.45, 7) is 3.02. The third kappa shape index (κ3) is 6.23. The van der Waals surface area contributed by atoms with E-state index in [2.05, 4.69) is 15.0 Å². The van der Waals surface area contributed by atoms with E-state index in [9.17, 15) is 18.0 Å². The number of unbranched alkanes of at least 4 members (excludes halogenated alkanes) is 2. The van der Waals surface area contributed by atoms with E-state index < -0.39 is 10.0 Å². The molecule has 9 nitrogen and oxygen atoms in total. The predicted molar refractivity (Wildman–Crippen MR) is 103 cm³/mol. The number of carbonyl (C=O) groups excluding carboxylic acids is 2. The van der Waals surface area contributed by atoms with E-state index >= 15 is 0 Å². The zero-order valence-corrected chi connectivity index (χ0v) is 16.9. The summed E-state index contributed by atoms with van der Waals surface area (Å²) in [4.78, 5) is 27.1. The van der Waals surface area contributed by atoms with Crippen molar-refractivity contribution in [1.29, 1.82) is 0 Å². The molecule has 1 atom stereocenters. The van der Waals surface area contributed by atoms with Gasteiger partial charge in [0, 0.05) is 12.2 Å². The van der Waals surface area contributed by atoms with Gasteiger partial charge < -0.3 is 14.6 Å². The van der Waals surface area contributed by atoms with E-state index in [1.165, 1.54) is 17.7 Å². The summed E-state index contributed by atoms with van der Waals surface area (Å²) in [6.07, 6.45) is 4.24. The summed E-state index contributed by atoms with van der Waals surface area (Å²) in [5, 5.41) is 2.22. The number of nitrogens with zero attached hydrogens (tertiary/aromatic N) is 1. The molecule has 2 fully saturated rings. The number of aromatic amines is 1. The quantitative estimate of drug-likeness (QED) is 0.355. The monoisotopic (exact) mass is 412 g/mol. The molecule has 0 bridgehead atoms. The van der Waals surface area contributed by atoms with Gasteiger partial charge in [0.05, 0.1) is 18.4 Å². The first kappa shape index (κ1) is 20.7. The second kappa shape index (κ2) is 8.95. The summed E-state index contributed by atoms with van der Waals surface area (Å²) >= 11 is 0. The second-order valence-electron chi connectivity index (χ2n) is 7.53. The number of H-pyrrole nitrogens is 1.